The Labute approximate surface area is 209 Å². The number of halogens is 2. The molecule has 0 heterocycles. The molecular weight excluding hydrogens is 475 g/mol. The molecular formula is C26H26Cl2N2O4. The van der Waals surface area contributed by atoms with E-state index in [9.17, 15) is 9.59 Å². The topological polar surface area (TPSA) is 67.9 Å². The fourth-order valence-electron chi connectivity index (χ4n) is 3.52. The number of hydrogen-bond donors (Lipinski definition) is 1. The largest absolute Gasteiger partial charge is 0.493 e. The summed E-state index contributed by atoms with van der Waals surface area (Å²) >= 11 is 12.3. The van der Waals surface area contributed by atoms with Crippen molar-refractivity contribution >= 4 is 35.0 Å². The van der Waals surface area contributed by atoms with Crippen LogP contribution < -0.4 is 14.8 Å². The molecule has 0 radical (unpaired) electrons. The lowest BCUT2D eigenvalue weighted by molar-refractivity contribution is -0.142. The zero-order chi connectivity index (χ0) is 24.5. The van der Waals surface area contributed by atoms with E-state index in [0.29, 0.717) is 28.0 Å². The van der Waals surface area contributed by atoms with E-state index in [-0.39, 0.29) is 25.0 Å². The van der Waals surface area contributed by atoms with Gasteiger partial charge in [-0.25, -0.2) is 0 Å². The lowest BCUT2D eigenvalue weighted by Crippen LogP contribution is -2.51. The second kappa shape index (κ2) is 12.3. The van der Waals surface area contributed by atoms with Crippen LogP contribution in [0.4, 0.5) is 0 Å². The van der Waals surface area contributed by atoms with E-state index in [1.807, 2.05) is 36.4 Å². The standard InChI is InChI=1S/C26H26Cl2N2O4/c1-29-26(32)22(15-18-8-4-3-5-9-18)30(16-19-12-13-20(27)21(28)14-19)25(31)17-34-24-11-7-6-10-23(24)33-2/h3-14,22H,15-17H2,1-2H3,(H,29,32). The van der Waals surface area contributed by atoms with Crippen LogP contribution in [-0.2, 0) is 22.6 Å². The van der Waals surface area contributed by atoms with E-state index in [4.69, 9.17) is 32.7 Å². The molecule has 0 spiro atoms. The van der Waals surface area contributed by atoms with E-state index in [2.05, 4.69) is 5.32 Å². The van der Waals surface area contributed by atoms with Gasteiger partial charge in [-0.15, -0.1) is 0 Å². The van der Waals surface area contributed by atoms with Gasteiger partial charge in [-0.2, -0.15) is 0 Å². The van der Waals surface area contributed by atoms with Crippen LogP contribution in [0.25, 0.3) is 0 Å². The first kappa shape index (κ1) is 25.4. The number of carbonyl (C=O) groups is 2. The molecule has 0 bridgehead atoms. The van der Waals surface area contributed by atoms with Gasteiger partial charge in [-0.05, 0) is 35.4 Å². The first-order valence-electron chi connectivity index (χ1n) is 10.7. The maximum absolute atomic E-state index is 13.4. The highest BCUT2D eigenvalue weighted by atomic mass is 35.5. The number of nitrogens with one attached hydrogen (secondary N) is 1. The molecule has 0 saturated carbocycles. The van der Waals surface area contributed by atoms with Crippen molar-refractivity contribution in [1.29, 1.82) is 0 Å². The Balaban J connectivity index is 1.90. The smallest absolute Gasteiger partial charge is 0.261 e. The molecule has 6 nitrogen and oxygen atoms in total. The molecule has 0 aliphatic rings. The van der Waals surface area contributed by atoms with Crippen LogP contribution in [0.3, 0.4) is 0 Å². The van der Waals surface area contributed by atoms with Crippen LogP contribution in [0.5, 0.6) is 11.5 Å². The second-order valence-electron chi connectivity index (χ2n) is 7.53. The van der Waals surface area contributed by atoms with Crippen LogP contribution in [0.1, 0.15) is 11.1 Å². The summed E-state index contributed by atoms with van der Waals surface area (Å²) in [5.41, 5.74) is 1.66. The van der Waals surface area contributed by atoms with E-state index in [1.165, 1.54) is 12.0 Å². The first-order valence-corrected chi connectivity index (χ1v) is 11.4. The Morgan fingerprint density at radius 2 is 1.59 bits per heavy atom. The number of carbonyl (C=O) groups excluding carboxylic acids is 2. The van der Waals surface area contributed by atoms with E-state index >= 15 is 0 Å². The van der Waals surface area contributed by atoms with Crippen LogP contribution in [0, 0.1) is 0 Å². The molecule has 0 fully saturated rings. The number of rotatable bonds is 10. The number of likely N-dealkylation sites (N-methyl/N-ethyl adjacent to an activating group) is 1. The Hall–Kier alpha value is -3.22. The summed E-state index contributed by atoms with van der Waals surface area (Å²) in [6.45, 7) is -0.125. The van der Waals surface area contributed by atoms with Gasteiger partial charge in [0.1, 0.15) is 6.04 Å². The summed E-state index contributed by atoms with van der Waals surface area (Å²) < 4.78 is 11.1. The second-order valence-corrected chi connectivity index (χ2v) is 8.34. The van der Waals surface area contributed by atoms with Crippen LogP contribution in [0.2, 0.25) is 10.0 Å². The molecule has 2 amide bonds. The Morgan fingerprint density at radius 1 is 0.912 bits per heavy atom. The quantitative estimate of drug-likeness (QED) is 0.435. The van der Waals surface area contributed by atoms with Crippen molar-refractivity contribution in [2.45, 2.75) is 19.0 Å². The van der Waals surface area contributed by atoms with E-state index < -0.39 is 6.04 Å². The van der Waals surface area contributed by atoms with Crippen molar-refractivity contribution < 1.29 is 19.1 Å². The Kier molecular flexibility index (Phi) is 9.19. The van der Waals surface area contributed by atoms with Crippen molar-refractivity contribution in [2.24, 2.45) is 0 Å². The molecule has 0 aliphatic heterocycles. The molecule has 3 rings (SSSR count). The molecule has 1 unspecified atom stereocenters. The summed E-state index contributed by atoms with van der Waals surface area (Å²) in [6, 6.07) is 21.0. The van der Waals surface area contributed by atoms with Crippen molar-refractivity contribution in [3.8, 4) is 11.5 Å². The Morgan fingerprint density at radius 3 is 2.24 bits per heavy atom. The first-order chi connectivity index (χ1) is 16.4. The predicted octanol–water partition coefficient (Wildman–Crippen LogP) is 4.77. The molecule has 0 aliphatic carbocycles. The van der Waals surface area contributed by atoms with Crippen LogP contribution in [0.15, 0.2) is 72.8 Å². The minimum Gasteiger partial charge on any atom is -0.493 e. The third-order valence-electron chi connectivity index (χ3n) is 5.27. The van der Waals surface area contributed by atoms with Gasteiger partial charge in [0.2, 0.25) is 5.91 Å². The maximum Gasteiger partial charge on any atom is 0.261 e. The third-order valence-corrected chi connectivity index (χ3v) is 6.01. The summed E-state index contributed by atoms with van der Waals surface area (Å²) in [7, 11) is 3.08. The van der Waals surface area contributed by atoms with Gasteiger partial charge in [0, 0.05) is 20.0 Å². The van der Waals surface area contributed by atoms with Gasteiger partial charge < -0.3 is 19.7 Å². The molecule has 1 N–H and O–H groups in total. The molecule has 8 heteroatoms. The monoisotopic (exact) mass is 500 g/mol. The van der Waals surface area contributed by atoms with Gasteiger partial charge in [-0.3, -0.25) is 9.59 Å². The lowest BCUT2D eigenvalue weighted by Gasteiger charge is -2.31. The number of benzene rings is 3. The number of amides is 2. The number of hydrogen-bond acceptors (Lipinski definition) is 4. The molecule has 0 saturated heterocycles. The highest BCUT2D eigenvalue weighted by molar-refractivity contribution is 6.42. The van der Waals surface area contributed by atoms with Crippen molar-refractivity contribution in [1.82, 2.24) is 10.2 Å². The number of methoxy groups -OCH3 is 1. The van der Waals surface area contributed by atoms with Gasteiger partial charge >= 0.3 is 0 Å². The molecule has 34 heavy (non-hydrogen) atoms. The van der Waals surface area contributed by atoms with Crippen molar-refractivity contribution in [3.05, 3.63) is 94.0 Å². The number of nitrogens with zero attached hydrogens (tertiary/aromatic N) is 1. The van der Waals surface area contributed by atoms with E-state index in [1.54, 1.807) is 43.4 Å². The van der Waals surface area contributed by atoms with Gasteiger partial charge in [0.15, 0.2) is 18.1 Å². The number of ether oxygens (including phenoxy) is 2. The summed E-state index contributed by atoms with van der Waals surface area (Å²) in [5.74, 6) is 0.307. The summed E-state index contributed by atoms with van der Waals surface area (Å²) in [5, 5.41) is 3.46. The van der Waals surface area contributed by atoms with Crippen molar-refractivity contribution in [2.75, 3.05) is 20.8 Å². The molecule has 3 aromatic carbocycles. The molecule has 1 atom stereocenters. The summed E-state index contributed by atoms with van der Waals surface area (Å²) in [4.78, 5) is 27.9. The average molecular weight is 501 g/mol. The Bertz CT molecular complexity index is 1120. The zero-order valence-electron chi connectivity index (χ0n) is 19.0. The highest BCUT2D eigenvalue weighted by Gasteiger charge is 2.30. The average Bonchev–Trinajstić information content (AvgIpc) is 2.87. The minimum atomic E-state index is -0.768. The van der Waals surface area contributed by atoms with Crippen LogP contribution in [-0.4, -0.2) is 43.5 Å². The molecule has 178 valence electrons. The maximum atomic E-state index is 13.4. The predicted molar refractivity (Wildman–Crippen MR) is 134 cm³/mol. The highest BCUT2D eigenvalue weighted by Crippen LogP contribution is 2.27. The normalized spacial score (nSPS) is 11.4. The SMILES string of the molecule is CNC(=O)C(Cc1ccccc1)N(Cc1ccc(Cl)c(Cl)c1)C(=O)COc1ccccc1OC. The fourth-order valence-corrected chi connectivity index (χ4v) is 3.84. The van der Waals surface area contributed by atoms with Gasteiger partial charge in [-0.1, -0.05) is 71.7 Å². The molecule has 3 aromatic rings. The molecule has 0 aromatic heterocycles. The van der Waals surface area contributed by atoms with Gasteiger partial charge in [0.05, 0.1) is 17.2 Å². The zero-order valence-corrected chi connectivity index (χ0v) is 20.5. The third kappa shape index (κ3) is 6.65. The summed E-state index contributed by atoms with van der Waals surface area (Å²) in [6.07, 6.45) is 0.336. The fraction of sp³-hybridized carbons (Fsp3) is 0.231. The minimum absolute atomic E-state index is 0.149. The van der Waals surface area contributed by atoms with Crippen LogP contribution >= 0.6 is 23.2 Å². The number of para-hydroxylation sites is 2. The lowest BCUT2D eigenvalue weighted by atomic mass is 10.0. The van der Waals surface area contributed by atoms with Crippen molar-refractivity contribution in [3.63, 3.8) is 0 Å². The van der Waals surface area contributed by atoms with Gasteiger partial charge in [0.25, 0.3) is 5.91 Å². The van der Waals surface area contributed by atoms with E-state index in [0.717, 1.165) is 11.1 Å².